The number of nitrogens with zero attached hydrogens (tertiary/aromatic N) is 2. The van der Waals surface area contributed by atoms with E-state index in [2.05, 4.69) is 15.5 Å². The number of benzene rings is 2. The zero-order valence-electron chi connectivity index (χ0n) is 14.4. The van der Waals surface area contributed by atoms with Gasteiger partial charge in [-0.3, -0.25) is 4.79 Å². The molecule has 3 rings (SSSR count). The molecule has 0 atom stereocenters. The minimum Gasteiger partial charge on any atom is -0.396 e. The maximum atomic E-state index is 14.6. The number of nitrogen functional groups attached to an aromatic ring is 1. The number of aryl methyl sites for hydroxylation is 1. The molecular formula is C19H18F2N4O. The lowest BCUT2D eigenvalue weighted by Gasteiger charge is -2.13. The molecule has 0 fully saturated rings. The van der Waals surface area contributed by atoms with Crippen molar-refractivity contribution in [2.24, 2.45) is 0 Å². The van der Waals surface area contributed by atoms with Crippen molar-refractivity contribution in [2.75, 3.05) is 12.3 Å². The Morgan fingerprint density at radius 3 is 2.69 bits per heavy atom. The number of hydrogen-bond donors (Lipinski definition) is 2. The van der Waals surface area contributed by atoms with Crippen LogP contribution in [0.1, 0.15) is 29.4 Å². The molecule has 3 N–H and O–H groups in total. The Labute approximate surface area is 149 Å². The van der Waals surface area contributed by atoms with Gasteiger partial charge in [-0.05, 0) is 48.7 Å². The maximum Gasteiger partial charge on any atom is 0.273 e. The van der Waals surface area contributed by atoms with Crippen molar-refractivity contribution >= 4 is 22.5 Å². The molecule has 2 aromatic carbocycles. The Bertz CT molecular complexity index is 1000. The molecule has 1 aromatic heterocycles. The monoisotopic (exact) mass is 356 g/mol. The summed E-state index contributed by atoms with van der Waals surface area (Å²) in [5.74, 6) is -1.49. The van der Waals surface area contributed by atoms with Crippen LogP contribution in [0.3, 0.4) is 0 Å². The van der Waals surface area contributed by atoms with Gasteiger partial charge in [-0.1, -0.05) is 13.0 Å². The van der Waals surface area contributed by atoms with E-state index in [-0.39, 0.29) is 22.5 Å². The van der Waals surface area contributed by atoms with Crippen molar-refractivity contribution in [3.63, 3.8) is 0 Å². The summed E-state index contributed by atoms with van der Waals surface area (Å²) < 4.78 is 28.3. The smallest absolute Gasteiger partial charge is 0.273 e. The topological polar surface area (TPSA) is 80.9 Å². The molecular weight excluding hydrogens is 338 g/mol. The van der Waals surface area contributed by atoms with Crippen molar-refractivity contribution in [3.8, 4) is 11.1 Å². The van der Waals surface area contributed by atoms with Gasteiger partial charge in [0.05, 0.1) is 5.69 Å². The van der Waals surface area contributed by atoms with Crippen LogP contribution in [0.15, 0.2) is 30.3 Å². The molecule has 0 unspecified atom stereocenters. The van der Waals surface area contributed by atoms with E-state index in [0.29, 0.717) is 23.1 Å². The van der Waals surface area contributed by atoms with Crippen LogP contribution in [0.4, 0.5) is 14.5 Å². The Kier molecular flexibility index (Phi) is 4.79. The van der Waals surface area contributed by atoms with Crippen LogP contribution < -0.4 is 11.1 Å². The number of fused-ring (bicyclic) bond motifs is 1. The number of carbonyl (C=O) groups is 1. The first-order valence-electron chi connectivity index (χ1n) is 8.23. The predicted octanol–water partition coefficient (Wildman–Crippen LogP) is 3.61. The van der Waals surface area contributed by atoms with Crippen LogP contribution in [0.25, 0.3) is 22.0 Å². The Morgan fingerprint density at radius 1 is 1.19 bits per heavy atom. The van der Waals surface area contributed by atoms with Gasteiger partial charge in [-0.15, -0.1) is 10.2 Å². The van der Waals surface area contributed by atoms with E-state index >= 15 is 0 Å². The van der Waals surface area contributed by atoms with E-state index in [1.54, 1.807) is 13.0 Å². The fraction of sp³-hybridized carbons (Fsp3) is 0.211. The Balaban J connectivity index is 2.23. The average molecular weight is 356 g/mol. The number of hydrogen-bond acceptors (Lipinski definition) is 4. The molecule has 0 aliphatic rings. The first kappa shape index (κ1) is 17.7. The van der Waals surface area contributed by atoms with Gasteiger partial charge < -0.3 is 11.1 Å². The molecule has 134 valence electrons. The minimum absolute atomic E-state index is 0.0144. The van der Waals surface area contributed by atoms with Crippen LogP contribution in [-0.4, -0.2) is 22.6 Å². The molecule has 0 saturated heterocycles. The maximum absolute atomic E-state index is 14.6. The highest BCUT2D eigenvalue weighted by atomic mass is 19.1. The zero-order chi connectivity index (χ0) is 18.8. The van der Waals surface area contributed by atoms with Gasteiger partial charge in [0.25, 0.3) is 5.91 Å². The van der Waals surface area contributed by atoms with Gasteiger partial charge in [0.1, 0.15) is 17.2 Å². The average Bonchev–Trinajstić information content (AvgIpc) is 2.62. The molecule has 0 bridgehead atoms. The Morgan fingerprint density at radius 2 is 1.96 bits per heavy atom. The molecule has 7 heteroatoms. The Hall–Kier alpha value is -3.09. The summed E-state index contributed by atoms with van der Waals surface area (Å²) >= 11 is 0. The molecule has 1 amide bonds. The molecule has 3 aromatic rings. The lowest BCUT2D eigenvalue weighted by Crippen LogP contribution is -2.26. The number of nitrogens with two attached hydrogens (primary N) is 1. The summed E-state index contributed by atoms with van der Waals surface area (Å²) in [6.45, 7) is 4.15. The fourth-order valence-electron chi connectivity index (χ4n) is 2.78. The van der Waals surface area contributed by atoms with Gasteiger partial charge in [0.15, 0.2) is 5.69 Å². The molecule has 1 heterocycles. The van der Waals surface area contributed by atoms with Crippen LogP contribution in [0.5, 0.6) is 0 Å². The number of halogens is 2. The number of rotatable bonds is 4. The quantitative estimate of drug-likeness (QED) is 0.748. The second-order valence-electron chi connectivity index (χ2n) is 6.00. The van der Waals surface area contributed by atoms with Gasteiger partial charge in [0.2, 0.25) is 0 Å². The van der Waals surface area contributed by atoms with E-state index < -0.39 is 17.5 Å². The van der Waals surface area contributed by atoms with Crippen LogP contribution in [0.2, 0.25) is 0 Å². The van der Waals surface area contributed by atoms with E-state index in [1.165, 1.54) is 24.3 Å². The third-order valence-corrected chi connectivity index (χ3v) is 4.14. The highest BCUT2D eigenvalue weighted by Gasteiger charge is 2.20. The SMILES string of the molecule is CCCNC(=O)c1nnc2c(-c3cc(F)ccc3C)c(F)ccc2c1N. The number of carbonyl (C=O) groups excluding carboxylic acids is 1. The van der Waals surface area contributed by atoms with Gasteiger partial charge in [-0.25, -0.2) is 8.78 Å². The molecule has 0 spiro atoms. The van der Waals surface area contributed by atoms with Crippen molar-refractivity contribution < 1.29 is 13.6 Å². The van der Waals surface area contributed by atoms with Crippen LogP contribution in [-0.2, 0) is 0 Å². The summed E-state index contributed by atoms with van der Waals surface area (Å²) in [7, 11) is 0. The standard InChI is InChI=1S/C19H18F2N4O/c1-3-8-23-19(26)18-16(22)12-6-7-14(21)15(17(12)24-25-18)13-9-11(20)5-4-10(13)2/h4-7,9H,3,8H2,1-2H3,(H2,22,24)(H,23,26). The molecule has 0 aliphatic carbocycles. The lowest BCUT2D eigenvalue weighted by molar-refractivity contribution is 0.0949. The van der Waals surface area contributed by atoms with Crippen LogP contribution in [0, 0.1) is 18.6 Å². The highest BCUT2D eigenvalue weighted by molar-refractivity contribution is 6.07. The van der Waals surface area contributed by atoms with Crippen LogP contribution >= 0.6 is 0 Å². The molecule has 5 nitrogen and oxygen atoms in total. The summed E-state index contributed by atoms with van der Waals surface area (Å²) in [5.41, 5.74) is 7.54. The second-order valence-corrected chi connectivity index (χ2v) is 6.00. The summed E-state index contributed by atoms with van der Waals surface area (Å²) in [6.07, 6.45) is 0.765. The normalized spacial score (nSPS) is 10.9. The van der Waals surface area contributed by atoms with Gasteiger partial charge in [-0.2, -0.15) is 0 Å². The molecule has 26 heavy (non-hydrogen) atoms. The van der Waals surface area contributed by atoms with Gasteiger partial charge in [0, 0.05) is 17.5 Å². The van der Waals surface area contributed by atoms with Gasteiger partial charge >= 0.3 is 0 Å². The number of anilines is 1. The first-order chi connectivity index (χ1) is 12.4. The molecule has 0 radical (unpaired) electrons. The molecule has 0 saturated carbocycles. The van der Waals surface area contributed by atoms with E-state index in [0.717, 1.165) is 6.42 Å². The third kappa shape index (κ3) is 3.08. The summed E-state index contributed by atoms with van der Waals surface area (Å²) in [5, 5.41) is 11.0. The van der Waals surface area contributed by atoms with E-state index in [9.17, 15) is 13.6 Å². The number of nitrogens with one attached hydrogen (secondary N) is 1. The number of aromatic nitrogens is 2. The van der Waals surface area contributed by atoms with E-state index in [4.69, 9.17) is 5.73 Å². The lowest BCUT2D eigenvalue weighted by atomic mass is 9.96. The van der Waals surface area contributed by atoms with Crippen molar-refractivity contribution in [1.82, 2.24) is 15.5 Å². The minimum atomic E-state index is -0.567. The largest absolute Gasteiger partial charge is 0.396 e. The number of amides is 1. The second kappa shape index (κ2) is 7.03. The van der Waals surface area contributed by atoms with Crippen molar-refractivity contribution in [3.05, 3.63) is 53.2 Å². The summed E-state index contributed by atoms with van der Waals surface area (Å²) in [6, 6.07) is 6.79. The highest BCUT2D eigenvalue weighted by Crippen LogP contribution is 2.35. The fourth-order valence-corrected chi connectivity index (χ4v) is 2.78. The zero-order valence-corrected chi connectivity index (χ0v) is 14.4. The summed E-state index contributed by atoms with van der Waals surface area (Å²) in [4.78, 5) is 12.2. The van der Waals surface area contributed by atoms with Crippen molar-refractivity contribution in [1.29, 1.82) is 0 Å². The molecule has 0 aliphatic heterocycles. The van der Waals surface area contributed by atoms with Crippen molar-refractivity contribution in [2.45, 2.75) is 20.3 Å². The third-order valence-electron chi connectivity index (χ3n) is 4.14. The first-order valence-corrected chi connectivity index (χ1v) is 8.23. The van der Waals surface area contributed by atoms with E-state index in [1.807, 2.05) is 6.92 Å². The predicted molar refractivity (Wildman–Crippen MR) is 96.7 cm³/mol.